The van der Waals surface area contributed by atoms with Gasteiger partial charge < -0.3 is 10.6 Å². The predicted octanol–water partition coefficient (Wildman–Crippen LogP) is 2.80. The summed E-state index contributed by atoms with van der Waals surface area (Å²) in [6, 6.07) is 10.3. The van der Waals surface area contributed by atoms with Gasteiger partial charge in [0.25, 0.3) is 0 Å². The highest BCUT2D eigenvalue weighted by Gasteiger charge is 2.11. The first-order chi connectivity index (χ1) is 10.8. The lowest BCUT2D eigenvalue weighted by atomic mass is 10.2. The van der Waals surface area contributed by atoms with Crippen LogP contribution in [-0.2, 0) is 13.6 Å². The molecule has 0 saturated heterocycles. The topological polar surface area (TPSA) is 67.7 Å². The highest BCUT2D eigenvalue weighted by Crippen LogP contribution is 2.21. The van der Waals surface area contributed by atoms with E-state index in [-0.39, 0.29) is 0 Å². The van der Waals surface area contributed by atoms with Crippen LogP contribution >= 0.6 is 0 Å². The smallest absolute Gasteiger partial charge is 0.226 e. The second-order valence-corrected chi connectivity index (χ2v) is 5.17. The van der Waals surface area contributed by atoms with Crippen molar-refractivity contribution in [3.8, 4) is 0 Å². The molecule has 0 saturated carbocycles. The number of rotatable bonds is 6. The van der Waals surface area contributed by atoms with Crippen LogP contribution in [0.4, 0.5) is 11.8 Å². The molecule has 6 heteroatoms. The summed E-state index contributed by atoms with van der Waals surface area (Å²) in [5, 5.41) is 11.8. The van der Waals surface area contributed by atoms with Crippen molar-refractivity contribution in [3.05, 3.63) is 42.1 Å². The summed E-state index contributed by atoms with van der Waals surface area (Å²) in [5.74, 6) is 1.44. The van der Waals surface area contributed by atoms with Gasteiger partial charge in [-0.3, -0.25) is 4.68 Å². The van der Waals surface area contributed by atoms with Gasteiger partial charge in [0, 0.05) is 20.1 Å². The van der Waals surface area contributed by atoms with Crippen LogP contribution < -0.4 is 10.6 Å². The molecule has 0 spiro atoms. The molecule has 114 valence electrons. The number of aryl methyl sites for hydroxylation is 1. The van der Waals surface area contributed by atoms with Crippen molar-refractivity contribution in [1.82, 2.24) is 19.7 Å². The summed E-state index contributed by atoms with van der Waals surface area (Å²) >= 11 is 0. The van der Waals surface area contributed by atoms with Gasteiger partial charge in [0.15, 0.2) is 5.65 Å². The average Bonchev–Trinajstić information content (AvgIpc) is 2.93. The van der Waals surface area contributed by atoms with Crippen LogP contribution in [0, 0.1) is 0 Å². The summed E-state index contributed by atoms with van der Waals surface area (Å²) < 4.78 is 1.77. The lowest BCUT2D eigenvalue weighted by molar-refractivity contribution is 0.785. The maximum atomic E-state index is 4.58. The first-order valence-electron chi connectivity index (χ1n) is 7.49. The summed E-state index contributed by atoms with van der Waals surface area (Å²) in [6.07, 6.45) is 2.83. The van der Waals surface area contributed by atoms with Crippen LogP contribution in [0.3, 0.4) is 0 Å². The van der Waals surface area contributed by atoms with E-state index in [1.807, 2.05) is 25.2 Å². The van der Waals surface area contributed by atoms with Crippen molar-refractivity contribution in [3.63, 3.8) is 0 Å². The summed E-state index contributed by atoms with van der Waals surface area (Å²) in [5.41, 5.74) is 2.03. The van der Waals surface area contributed by atoms with Crippen molar-refractivity contribution in [1.29, 1.82) is 0 Å². The van der Waals surface area contributed by atoms with E-state index in [1.54, 1.807) is 10.9 Å². The normalized spacial score (nSPS) is 10.8. The zero-order valence-corrected chi connectivity index (χ0v) is 12.9. The van der Waals surface area contributed by atoms with E-state index >= 15 is 0 Å². The van der Waals surface area contributed by atoms with Crippen LogP contribution in [0.25, 0.3) is 11.0 Å². The third-order valence-electron chi connectivity index (χ3n) is 3.43. The quantitative estimate of drug-likeness (QED) is 0.732. The maximum absolute atomic E-state index is 4.58. The predicted molar refractivity (Wildman–Crippen MR) is 88.9 cm³/mol. The molecule has 0 bridgehead atoms. The van der Waals surface area contributed by atoms with Crippen LogP contribution in [0.5, 0.6) is 0 Å². The molecule has 0 aliphatic carbocycles. The fourth-order valence-corrected chi connectivity index (χ4v) is 2.25. The summed E-state index contributed by atoms with van der Waals surface area (Å²) in [4.78, 5) is 9.11. The lowest BCUT2D eigenvalue weighted by Gasteiger charge is -2.10. The number of anilines is 2. The number of hydrogen-bond donors (Lipinski definition) is 2. The fraction of sp³-hybridized carbons (Fsp3) is 0.312. The molecule has 3 aromatic rings. The first kappa shape index (κ1) is 14.3. The standard InChI is InChI=1S/C16H20N6/c1-3-9-17-16-20-14(13-11-19-22(2)15(13)21-16)18-10-12-7-5-4-6-8-12/h4-8,11H,3,9-10H2,1-2H3,(H2,17,18,20,21). The monoisotopic (exact) mass is 296 g/mol. The average molecular weight is 296 g/mol. The Hall–Kier alpha value is -2.63. The Morgan fingerprint density at radius 3 is 2.68 bits per heavy atom. The van der Waals surface area contributed by atoms with Crippen LogP contribution in [0.15, 0.2) is 36.5 Å². The van der Waals surface area contributed by atoms with Gasteiger partial charge in [-0.1, -0.05) is 37.3 Å². The molecule has 0 unspecified atom stereocenters. The van der Waals surface area contributed by atoms with E-state index in [2.05, 4.69) is 44.8 Å². The van der Waals surface area contributed by atoms with E-state index in [9.17, 15) is 0 Å². The Labute approximate surface area is 129 Å². The van der Waals surface area contributed by atoms with Crippen molar-refractivity contribution in [2.75, 3.05) is 17.2 Å². The third kappa shape index (κ3) is 3.00. The van der Waals surface area contributed by atoms with Gasteiger partial charge in [-0.05, 0) is 12.0 Å². The summed E-state index contributed by atoms with van der Waals surface area (Å²) in [6.45, 7) is 3.68. The number of fused-ring (bicyclic) bond motifs is 1. The number of hydrogen-bond acceptors (Lipinski definition) is 5. The summed E-state index contributed by atoms with van der Waals surface area (Å²) in [7, 11) is 1.89. The van der Waals surface area contributed by atoms with Gasteiger partial charge in [0.2, 0.25) is 5.95 Å². The van der Waals surface area contributed by atoms with E-state index < -0.39 is 0 Å². The van der Waals surface area contributed by atoms with Gasteiger partial charge in [0.1, 0.15) is 5.82 Å². The Morgan fingerprint density at radius 1 is 1.09 bits per heavy atom. The van der Waals surface area contributed by atoms with Crippen LogP contribution in [0.2, 0.25) is 0 Å². The minimum absolute atomic E-state index is 0.633. The molecule has 0 amide bonds. The Kier molecular flexibility index (Phi) is 4.18. The molecule has 0 atom stereocenters. The largest absolute Gasteiger partial charge is 0.365 e. The molecule has 0 radical (unpaired) electrons. The lowest BCUT2D eigenvalue weighted by Crippen LogP contribution is -2.09. The second-order valence-electron chi connectivity index (χ2n) is 5.17. The Balaban J connectivity index is 1.89. The molecule has 6 nitrogen and oxygen atoms in total. The number of nitrogens with zero attached hydrogens (tertiary/aromatic N) is 4. The molecule has 1 aromatic carbocycles. The van der Waals surface area contributed by atoms with Crippen LogP contribution in [0.1, 0.15) is 18.9 Å². The molecule has 2 N–H and O–H groups in total. The minimum Gasteiger partial charge on any atom is -0.365 e. The molecule has 0 fully saturated rings. The fourth-order valence-electron chi connectivity index (χ4n) is 2.25. The molecule has 0 aliphatic rings. The van der Waals surface area contributed by atoms with Crippen LogP contribution in [-0.4, -0.2) is 26.3 Å². The minimum atomic E-state index is 0.633. The van der Waals surface area contributed by atoms with E-state index in [0.717, 1.165) is 36.4 Å². The highest BCUT2D eigenvalue weighted by atomic mass is 15.3. The zero-order chi connectivity index (χ0) is 15.4. The van der Waals surface area contributed by atoms with Gasteiger partial charge in [0.05, 0.1) is 11.6 Å². The van der Waals surface area contributed by atoms with E-state index in [4.69, 9.17) is 0 Å². The SMILES string of the molecule is CCCNc1nc(NCc2ccccc2)c2cnn(C)c2n1. The van der Waals surface area contributed by atoms with Gasteiger partial charge in [-0.2, -0.15) is 15.1 Å². The first-order valence-corrected chi connectivity index (χ1v) is 7.49. The molecule has 3 rings (SSSR count). The zero-order valence-electron chi connectivity index (χ0n) is 12.9. The van der Waals surface area contributed by atoms with Crippen molar-refractivity contribution in [2.24, 2.45) is 7.05 Å². The van der Waals surface area contributed by atoms with Gasteiger partial charge >= 0.3 is 0 Å². The molecule has 2 aromatic heterocycles. The molecule has 2 heterocycles. The Bertz CT molecular complexity index is 750. The molecular formula is C16H20N6. The van der Waals surface area contributed by atoms with Crippen molar-refractivity contribution >= 4 is 22.8 Å². The number of nitrogens with one attached hydrogen (secondary N) is 2. The Morgan fingerprint density at radius 2 is 1.91 bits per heavy atom. The number of aromatic nitrogens is 4. The van der Waals surface area contributed by atoms with Gasteiger partial charge in [-0.25, -0.2) is 0 Å². The maximum Gasteiger partial charge on any atom is 0.226 e. The molecular weight excluding hydrogens is 276 g/mol. The molecule has 0 aliphatic heterocycles. The highest BCUT2D eigenvalue weighted by molar-refractivity contribution is 5.87. The molecule has 22 heavy (non-hydrogen) atoms. The van der Waals surface area contributed by atoms with E-state index in [1.165, 1.54) is 5.56 Å². The number of benzene rings is 1. The van der Waals surface area contributed by atoms with E-state index in [0.29, 0.717) is 5.95 Å². The second kappa shape index (κ2) is 6.43. The third-order valence-corrected chi connectivity index (χ3v) is 3.43. The van der Waals surface area contributed by atoms with Crippen molar-refractivity contribution in [2.45, 2.75) is 19.9 Å². The van der Waals surface area contributed by atoms with Gasteiger partial charge in [-0.15, -0.1) is 0 Å². The van der Waals surface area contributed by atoms with Crippen molar-refractivity contribution < 1.29 is 0 Å².